The van der Waals surface area contributed by atoms with Crippen LogP contribution in [0.3, 0.4) is 0 Å². The minimum Gasteiger partial charge on any atom is -0.195 e. The van der Waals surface area contributed by atoms with Gasteiger partial charge in [0.25, 0.3) is 0 Å². The van der Waals surface area contributed by atoms with Crippen molar-refractivity contribution in [3.05, 3.63) is 425 Å². The van der Waals surface area contributed by atoms with Crippen LogP contribution in [0.4, 0.5) is 0 Å². The van der Waals surface area contributed by atoms with Crippen LogP contribution >= 0.6 is 0 Å². The highest BCUT2D eigenvalue weighted by Gasteiger charge is 2.39. The fraction of sp³-hybridized carbons (Fsp3) is 0.238. The van der Waals surface area contributed by atoms with Gasteiger partial charge in [-0.05, 0) is 0 Å². The summed E-state index contributed by atoms with van der Waals surface area (Å²) in [5.74, 6) is 0. The lowest BCUT2D eigenvalue weighted by molar-refractivity contribution is 1.65. The molecule has 0 atom stereocenters. The first-order chi connectivity index (χ1) is 65.7. The molecule has 0 fully saturated rings. The van der Waals surface area contributed by atoms with Gasteiger partial charge in [-0.25, -0.2) is 0 Å². The van der Waals surface area contributed by atoms with E-state index in [-0.39, 0.29) is 0 Å². The molecule has 0 unspecified atom stereocenters. The second-order valence-electron chi connectivity index (χ2n) is 50.6. The quantitative estimate of drug-likeness (QED) is 0.0474. The minimum atomic E-state index is -1.42. The Kier molecular flexibility index (Phi) is 32.8. The maximum atomic E-state index is 2.46. The molecule has 0 aliphatic carbocycles. The standard InChI is InChI=1S/C36H52BSi4.C33H44BSi3.C30H36BSi2.C27H28BSi/c1-38(2,3)33-21-13-29(14-22-33)37(30-15-23-34(24-16-30)39(4,5)6,31-17-25-35(26-18-31)40(7,8)9)32-19-27-36(28-20-32)41(10,11)12;1-35(2,3)31-21-15-28(16-22-31)34(27-13-11-10-12-14-27,29-17-23-32(24-18-29)36(4,5)6)30-19-25-33(26-20-30)37(7,8)9;1-32(2,3)29-21-17-27(18-22-29)31(25-13-9-7-10-14-25,26-15-11-8-12-16-26)28-19-23-30(24-20-28)33(4,5)6;1-29(2,3)27-21-19-26(20-22-27)28(23-13-7-4-8-14-23,24-15-9-5-10-16-24)25-17-11-6-12-18-25/h13-28H,1-12H3;10-26H,1-9H3;7-24H,1-6H3;4-22H,1-3H3/q4*-1. The van der Waals surface area contributed by atoms with Gasteiger partial charge in [-0.15, -0.1) is 0 Å². The van der Waals surface area contributed by atoms with E-state index in [1.807, 2.05) is 0 Å². The van der Waals surface area contributed by atoms with Crippen LogP contribution in [0.15, 0.2) is 425 Å². The van der Waals surface area contributed by atoms with Crippen LogP contribution in [0, 0.1) is 0 Å². The normalized spacial score (nSPS) is 12.8. The summed E-state index contributed by atoms with van der Waals surface area (Å²) < 4.78 is 0. The highest BCUT2D eigenvalue weighted by molar-refractivity contribution is 7.22. The summed E-state index contributed by atoms with van der Waals surface area (Å²) in [6, 6.07) is 163. The molecule has 0 saturated carbocycles. The van der Waals surface area contributed by atoms with Crippen molar-refractivity contribution in [3.8, 4) is 0 Å². The van der Waals surface area contributed by atoms with Crippen molar-refractivity contribution in [1.29, 1.82) is 0 Å². The van der Waals surface area contributed by atoms with E-state index in [4.69, 9.17) is 0 Å². The molecule has 0 spiro atoms. The first kappa shape index (κ1) is 107. The topological polar surface area (TPSA) is 0 Å². The van der Waals surface area contributed by atoms with Crippen LogP contribution in [-0.4, -0.2) is 105 Å². The van der Waals surface area contributed by atoms with Gasteiger partial charge in [-0.2, -0.15) is 87.4 Å². The Hall–Kier alpha value is -10.1. The molecule has 0 saturated heterocycles. The molecule has 16 rings (SSSR count). The molecule has 720 valence electrons. The van der Waals surface area contributed by atoms with E-state index in [9.17, 15) is 0 Å². The number of benzene rings is 16. The summed E-state index contributed by atoms with van der Waals surface area (Å²) in [6.45, 7) is 73.0. The second-order valence-corrected chi connectivity index (χ2v) is 101. The molecule has 0 bridgehead atoms. The van der Waals surface area contributed by atoms with Gasteiger partial charge >= 0.3 is 0 Å². The summed E-state index contributed by atoms with van der Waals surface area (Å²) in [5, 5.41) is 15.1. The fourth-order valence-corrected chi connectivity index (χ4v) is 33.5. The maximum absolute atomic E-state index is 2.46. The highest BCUT2D eigenvalue weighted by atomic mass is 28.3. The Labute approximate surface area is 858 Å². The van der Waals surface area contributed by atoms with Crippen molar-refractivity contribution < 1.29 is 0 Å². The first-order valence-corrected chi connectivity index (χ1v) is 86.8. The van der Waals surface area contributed by atoms with Crippen LogP contribution in [-0.2, 0) is 0 Å². The van der Waals surface area contributed by atoms with Crippen LogP contribution in [0.1, 0.15) is 0 Å². The van der Waals surface area contributed by atoms with E-state index in [1.165, 1.54) is 139 Å². The SMILES string of the molecule is C[Si](C)(C)c1ccc([B-](c2ccc([Si](C)(C)C)cc2)(c2ccc([Si](C)(C)C)cc2)c2ccc([Si](C)(C)C)cc2)cc1.C[Si](C)(C)c1ccc([B-](c2ccccc2)(c2ccc([Si](C)(C)C)cc2)c2ccc([Si](C)(C)C)cc2)cc1.C[Si](C)(C)c1ccc([B-](c2ccccc2)(c2ccccc2)c2ccc([Si](C)(C)C)cc2)cc1.C[Si](C)(C)c1ccc([B-](c2ccccc2)(c2ccccc2)c2ccccc2)cc1. The largest absolute Gasteiger partial charge is 0.195 e. The molecule has 0 aliphatic heterocycles. The van der Waals surface area contributed by atoms with Gasteiger partial charge < -0.3 is 0 Å². The van der Waals surface area contributed by atoms with Gasteiger partial charge in [0.05, 0.1) is 80.7 Å². The zero-order chi connectivity index (χ0) is 102. The molecule has 0 radical (unpaired) electrons. The summed E-state index contributed by atoms with van der Waals surface area (Å²) in [7, 11) is -13.9. The fourth-order valence-electron chi connectivity index (χ4n) is 21.8. The Morgan fingerprint density at radius 2 is 0.150 bits per heavy atom. The zero-order valence-corrected chi connectivity index (χ0v) is 101. The minimum absolute atomic E-state index is 1.25. The lowest BCUT2D eigenvalue weighted by Gasteiger charge is -2.45. The molecule has 14 heteroatoms. The molecule has 0 amide bonds. The molecular weight excluding hydrogens is 1840 g/mol. The Bertz CT molecular complexity index is 6100. The summed E-state index contributed by atoms with van der Waals surface area (Å²) in [5.41, 5.74) is 22.1. The third kappa shape index (κ3) is 23.9. The van der Waals surface area contributed by atoms with Crippen LogP contribution in [0.5, 0.6) is 0 Å². The average Bonchev–Trinajstić information content (AvgIpc) is 0.728. The van der Waals surface area contributed by atoms with E-state index in [1.54, 1.807) is 0 Å². The van der Waals surface area contributed by atoms with Crippen molar-refractivity contribution in [1.82, 2.24) is 0 Å². The van der Waals surface area contributed by atoms with Gasteiger partial charge in [0.1, 0.15) is 24.6 Å². The van der Waals surface area contributed by atoms with Gasteiger partial charge in [-0.3, -0.25) is 0 Å². The second kappa shape index (κ2) is 42.9. The average molecular weight is 2000 g/mol. The van der Waals surface area contributed by atoms with E-state index in [0.29, 0.717) is 0 Å². The molecule has 0 nitrogen and oxygen atoms in total. The van der Waals surface area contributed by atoms with Crippen molar-refractivity contribution >= 4 is 245 Å². The molecular formula is C126H160B4Si10-4. The van der Waals surface area contributed by atoms with E-state index >= 15 is 0 Å². The van der Waals surface area contributed by atoms with Crippen molar-refractivity contribution in [2.24, 2.45) is 0 Å². The number of hydrogen-bond acceptors (Lipinski definition) is 0. The molecule has 16 aromatic rings. The Morgan fingerprint density at radius 3 is 0.214 bits per heavy atom. The van der Waals surface area contributed by atoms with Gasteiger partial charge in [0.15, 0.2) is 0 Å². The molecule has 0 aromatic heterocycles. The summed E-state index contributed by atoms with van der Waals surface area (Å²) in [6.07, 6.45) is -5.26. The molecule has 0 N–H and O–H groups in total. The highest BCUT2D eigenvalue weighted by Crippen LogP contribution is 2.21. The smallest absolute Gasteiger partial charge is 0.108 e. The van der Waals surface area contributed by atoms with Crippen LogP contribution in [0.25, 0.3) is 0 Å². The first-order valence-electron chi connectivity index (χ1n) is 51.8. The molecule has 0 aliphatic rings. The van der Waals surface area contributed by atoms with Gasteiger partial charge in [-0.1, -0.05) is 673 Å². The third-order valence-electron chi connectivity index (χ3n) is 30.6. The van der Waals surface area contributed by atoms with Gasteiger partial charge in [0.2, 0.25) is 0 Å². The van der Waals surface area contributed by atoms with E-state index in [2.05, 4.69) is 621 Å². The summed E-state index contributed by atoms with van der Waals surface area (Å²) >= 11 is 0. The van der Waals surface area contributed by atoms with Crippen LogP contribution < -0.4 is 139 Å². The van der Waals surface area contributed by atoms with Crippen molar-refractivity contribution in [2.75, 3.05) is 0 Å². The lowest BCUT2D eigenvalue weighted by Crippen LogP contribution is -2.75. The van der Waals surface area contributed by atoms with Gasteiger partial charge in [0, 0.05) is 0 Å². The van der Waals surface area contributed by atoms with E-state index < -0.39 is 105 Å². The molecule has 140 heavy (non-hydrogen) atoms. The lowest BCUT2D eigenvalue weighted by atomic mass is 9.13. The van der Waals surface area contributed by atoms with E-state index in [0.717, 1.165) is 0 Å². The number of hydrogen-bond donors (Lipinski definition) is 0. The monoisotopic (exact) mass is 2000 g/mol. The Balaban J connectivity index is 0.000000158. The van der Waals surface area contributed by atoms with Crippen molar-refractivity contribution in [2.45, 2.75) is 196 Å². The zero-order valence-electron chi connectivity index (χ0n) is 90.7. The molecule has 0 heterocycles. The predicted octanol–water partition coefficient (Wildman–Crippen LogP) is 17.7. The number of rotatable bonds is 26. The maximum Gasteiger partial charge on any atom is 0.108 e. The third-order valence-corrected chi connectivity index (χ3v) is 51.2. The van der Waals surface area contributed by atoms with Crippen LogP contribution in [0.2, 0.25) is 196 Å². The van der Waals surface area contributed by atoms with Crippen molar-refractivity contribution in [3.63, 3.8) is 0 Å². The predicted molar refractivity (Wildman–Crippen MR) is 670 cm³/mol. The molecule has 16 aromatic carbocycles. The summed E-state index contributed by atoms with van der Waals surface area (Å²) in [4.78, 5) is 0. The Morgan fingerprint density at radius 1 is 0.0857 bits per heavy atom.